The molecule has 2 aliphatic rings. The molecule has 0 aromatic heterocycles. The van der Waals surface area contributed by atoms with Crippen molar-refractivity contribution in [3.63, 3.8) is 0 Å². The highest BCUT2D eigenvalue weighted by Crippen LogP contribution is 2.29. The average Bonchev–Trinajstić information content (AvgIpc) is 2.94. The summed E-state index contributed by atoms with van der Waals surface area (Å²) < 4.78 is 13.2. The Bertz CT molecular complexity index is 421. The van der Waals surface area contributed by atoms with E-state index < -0.39 is 0 Å². The van der Waals surface area contributed by atoms with E-state index in [4.69, 9.17) is 0 Å². The average molecular weight is 248 g/mol. The van der Waals surface area contributed by atoms with E-state index in [9.17, 15) is 4.39 Å². The second kappa shape index (κ2) is 4.98. The maximum atomic E-state index is 13.2. The van der Waals surface area contributed by atoms with Gasteiger partial charge in [-0.05, 0) is 50.4 Å². The summed E-state index contributed by atoms with van der Waals surface area (Å²) in [5.74, 6) is -0.143. The Labute approximate surface area is 108 Å². The molecule has 0 bridgehead atoms. The van der Waals surface area contributed by atoms with Crippen molar-refractivity contribution in [2.75, 3.05) is 13.1 Å². The van der Waals surface area contributed by atoms with E-state index in [2.05, 4.69) is 17.1 Å². The molecule has 0 spiro atoms. The predicted octanol–water partition coefficient (Wildman–Crippen LogP) is 2.71. The highest BCUT2D eigenvalue weighted by molar-refractivity contribution is 5.20. The first-order chi connectivity index (χ1) is 8.74. The van der Waals surface area contributed by atoms with Crippen LogP contribution in [0.2, 0.25) is 0 Å². The number of rotatable bonds is 3. The monoisotopic (exact) mass is 248 g/mol. The minimum Gasteiger partial charge on any atom is -0.306 e. The van der Waals surface area contributed by atoms with Gasteiger partial charge in [0, 0.05) is 24.7 Å². The van der Waals surface area contributed by atoms with Crippen molar-refractivity contribution in [3.05, 3.63) is 35.6 Å². The lowest BCUT2D eigenvalue weighted by molar-refractivity contribution is 0.291. The van der Waals surface area contributed by atoms with Crippen LogP contribution >= 0.6 is 0 Å². The van der Waals surface area contributed by atoms with Gasteiger partial charge in [-0.3, -0.25) is 4.90 Å². The smallest absolute Gasteiger partial charge is 0.123 e. The number of nitrogens with one attached hydrogen (secondary N) is 1. The van der Waals surface area contributed by atoms with E-state index >= 15 is 0 Å². The Morgan fingerprint density at radius 1 is 1.33 bits per heavy atom. The molecule has 2 unspecified atom stereocenters. The van der Waals surface area contributed by atoms with Gasteiger partial charge < -0.3 is 5.32 Å². The van der Waals surface area contributed by atoms with Crippen molar-refractivity contribution >= 4 is 0 Å². The zero-order valence-corrected chi connectivity index (χ0v) is 10.9. The fourth-order valence-corrected chi connectivity index (χ4v) is 3.47. The first kappa shape index (κ1) is 12.1. The fraction of sp³-hybridized carbons (Fsp3) is 0.600. The minimum absolute atomic E-state index is 0.143. The van der Waals surface area contributed by atoms with Gasteiger partial charge >= 0.3 is 0 Å². The third kappa shape index (κ3) is 2.29. The van der Waals surface area contributed by atoms with E-state index in [0.717, 1.165) is 5.56 Å². The molecular weight excluding hydrogens is 227 g/mol. The van der Waals surface area contributed by atoms with Crippen molar-refractivity contribution < 1.29 is 4.39 Å². The topological polar surface area (TPSA) is 15.3 Å². The quantitative estimate of drug-likeness (QED) is 0.885. The lowest BCUT2D eigenvalue weighted by atomic mass is 10.0. The van der Waals surface area contributed by atoms with Crippen LogP contribution in [0.4, 0.5) is 4.39 Å². The van der Waals surface area contributed by atoms with Crippen LogP contribution in [0.25, 0.3) is 0 Å². The third-order valence-corrected chi connectivity index (χ3v) is 4.42. The van der Waals surface area contributed by atoms with Crippen LogP contribution in [0, 0.1) is 5.82 Å². The zero-order valence-electron chi connectivity index (χ0n) is 10.9. The first-order valence-electron chi connectivity index (χ1n) is 6.99. The maximum Gasteiger partial charge on any atom is 0.123 e. The molecule has 3 atom stereocenters. The summed E-state index contributed by atoms with van der Waals surface area (Å²) in [6.45, 7) is 4.61. The Morgan fingerprint density at radius 2 is 2.22 bits per heavy atom. The van der Waals surface area contributed by atoms with Crippen molar-refractivity contribution in [1.82, 2.24) is 10.2 Å². The molecular formula is C15H21FN2. The summed E-state index contributed by atoms with van der Waals surface area (Å²) in [7, 11) is 0. The van der Waals surface area contributed by atoms with Gasteiger partial charge in [-0.1, -0.05) is 12.1 Å². The second-order valence-corrected chi connectivity index (χ2v) is 5.58. The fourth-order valence-electron chi connectivity index (χ4n) is 3.47. The molecule has 1 N–H and O–H groups in total. The number of hydrogen-bond acceptors (Lipinski definition) is 2. The highest BCUT2D eigenvalue weighted by atomic mass is 19.1. The normalized spacial score (nSPS) is 29.4. The first-order valence-corrected chi connectivity index (χ1v) is 6.99. The summed E-state index contributed by atoms with van der Waals surface area (Å²) in [5.41, 5.74) is 1.05. The van der Waals surface area contributed by atoms with Gasteiger partial charge in [0.15, 0.2) is 0 Å². The van der Waals surface area contributed by atoms with E-state index in [1.807, 2.05) is 6.07 Å². The Balaban J connectivity index is 1.66. The van der Waals surface area contributed by atoms with Gasteiger partial charge in [0.05, 0.1) is 0 Å². The van der Waals surface area contributed by atoms with Gasteiger partial charge in [0.1, 0.15) is 5.82 Å². The van der Waals surface area contributed by atoms with Gasteiger partial charge in [-0.2, -0.15) is 0 Å². The van der Waals surface area contributed by atoms with Crippen LogP contribution < -0.4 is 5.32 Å². The van der Waals surface area contributed by atoms with Crippen molar-refractivity contribution in [2.45, 2.75) is 44.3 Å². The van der Waals surface area contributed by atoms with Crippen LogP contribution in [0.3, 0.4) is 0 Å². The predicted molar refractivity (Wildman–Crippen MR) is 71.0 cm³/mol. The molecule has 2 fully saturated rings. The summed E-state index contributed by atoms with van der Waals surface area (Å²) in [4.78, 5) is 2.59. The molecule has 2 heterocycles. The van der Waals surface area contributed by atoms with Crippen molar-refractivity contribution in [3.8, 4) is 0 Å². The van der Waals surface area contributed by atoms with Crippen LogP contribution in [-0.4, -0.2) is 30.1 Å². The summed E-state index contributed by atoms with van der Waals surface area (Å²) >= 11 is 0. The molecule has 0 radical (unpaired) electrons. The number of benzene rings is 1. The summed E-state index contributed by atoms with van der Waals surface area (Å²) in [6, 6.07) is 8.45. The van der Waals surface area contributed by atoms with E-state index in [0.29, 0.717) is 12.1 Å². The van der Waals surface area contributed by atoms with E-state index in [1.54, 1.807) is 12.1 Å². The van der Waals surface area contributed by atoms with Gasteiger partial charge in [-0.25, -0.2) is 4.39 Å². The van der Waals surface area contributed by atoms with Gasteiger partial charge in [-0.15, -0.1) is 0 Å². The molecule has 3 heteroatoms. The molecule has 18 heavy (non-hydrogen) atoms. The molecule has 1 aromatic rings. The molecule has 2 saturated heterocycles. The standard InChI is InChI=1S/C15H21FN2/c1-11(12-4-2-5-13(16)10-12)17-14-7-9-18-8-3-6-15(14)18/h2,4-5,10-11,14-15,17H,3,6-9H2,1H3/t11-,14?,15?/m1/s1. The lowest BCUT2D eigenvalue weighted by Gasteiger charge is -2.25. The summed E-state index contributed by atoms with van der Waals surface area (Å²) in [6.07, 6.45) is 3.87. The van der Waals surface area contributed by atoms with E-state index in [1.165, 1.54) is 38.4 Å². The minimum atomic E-state index is -0.143. The number of halogens is 1. The SMILES string of the molecule is C[C@@H](NC1CCN2CCCC12)c1cccc(F)c1. The van der Waals surface area contributed by atoms with Crippen LogP contribution in [0.1, 0.15) is 37.8 Å². The van der Waals surface area contributed by atoms with Crippen LogP contribution in [-0.2, 0) is 0 Å². The number of hydrogen-bond donors (Lipinski definition) is 1. The zero-order chi connectivity index (χ0) is 12.5. The lowest BCUT2D eigenvalue weighted by Crippen LogP contribution is -2.40. The molecule has 0 saturated carbocycles. The number of fused-ring (bicyclic) bond motifs is 1. The Kier molecular flexibility index (Phi) is 3.35. The molecule has 0 amide bonds. The van der Waals surface area contributed by atoms with E-state index in [-0.39, 0.29) is 11.9 Å². The maximum absolute atomic E-state index is 13.2. The van der Waals surface area contributed by atoms with Crippen LogP contribution in [0.15, 0.2) is 24.3 Å². The molecule has 98 valence electrons. The Hall–Kier alpha value is -0.930. The van der Waals surface area contributed by atoms with Crippen molar-refractivity contribution in [1.29, 1.82) is 0 Å². The van der Waals surface area contributed by atoms with Crippen molar-refractivity contribution in [2.24, 2.45) is 0 Å². The molecule has 2 aliphatic heterocycles. The molecule has 2 nitrogen and oxygen atoms in total. The molecule has 0 aliphatic carbocycles. The second-order valence-electron chi connectivity index (χ2n) is 5.58. The third-order valence-electron chi connectivity index (χ3n) is 4.42. The van der Waals surface area contributed by atoms with Crippen LogP contribution in [0.5, 0.6) is 0 Å². The largest absolute Gasteiger partial charge is 0.306 e. The molecule has 3 rings (SSSR count). The molecule has 1 aromatic carbocycles. The number of nitrogens with zero attached hydrogens (tertiary/aromatic N) is 1. The Morgan fingerprint density at radius 3 is 3.06 bits per heavy atom. The highest BCUT2D eigenvalue weighted by Gasteiger charge is 2.37. The van der Waals surface area contributed by atoms with Gasteiger partial charge in [0.25, 0.3) is 0 Å². The summed E-state index contributed by atoms with van der Waals surface area (Å²) in [5, 5.41) is 3.69. The van der Waals surface area contributed by atoms with Gasteiger partial charge in [0.2, 0.25) is 0 Å².